The predicted octanol–water partition coefficient (Wildman–Crippen LogP) is -0.104. The Morgan fingerprint density at radius 1 is 1.67 bits per heavy atom. The molecule has 0 aromatic rings. The highest BCUT2D eigenvalue weighted by Crippen LogP contribution is 2.00. The minimum atomic E-state index is -0.147. The summed E-state index contributed by atoms with van der Waals surface area (Å²) in [5.74, 6) is 0. The van der Waals surface area contributed by atoms with Gasteiger partial charge in [-0.3, -0.25) is 0 Å². The Bertz CT molecular complexity index is 37.3. The van der Waals surface area contributed by atoms with Gasteiger partial charge in [0.15, 0.2) is 0 Å². The summed E-state index contributed by atoms with van der Waals surface area (Å²) >= 11 is 0. The Morgan fingerprint density at radius 2 is 1.83 bits per heavy atom. The second kappa shape index (κ2) is 1.75. The molecule has 1 radical (unpaired) electrons. The zero-order valence-electron chi connectivity index (χ0n) is 4.62. The van der Waals surface area contributed by atoms with Gasteiger partial charge < -0.3 is 4.43 Å². The highest BCUT2D eigenvalue weighted by atomic mass is 28.2. The van der Waals surface area contributed by atoms with Gasteiger partial charge in [0.1, 0.15) is 10.5 Å². The molecule has 0 aliphatic carbocycles. The van der Waals surface area contributed by atoms with Crippen LogP contribution in [0, 0.1) is 6.92 Å². The van der Waals surface area contributed by atoms with Gasteiger partial charge >= 0.3 is 0 Å². The average molecular weight is 103 g/mol. The van der Waals surface area contributed by atoms with E-state index in [9.17, 15) is 0 Å². The quantitative estimate of drug-likeness (QED) is 0.421. The maximum atomic E-state index is 4.97. The fourth-order valence-corrected chi connectivity index (χ4v) is 0. The Hall–Kier alpha value is 0.177. The monoisotopic (exact) mass is 103 g/mol. The highest BCUT2D eigenvalue weighted by molar-refractivity contribution is 5.98. The van der Waals surface area contributed by atoms with Crippen molar-refractivity contribution in [3.05, 3.63) is 6.92 Å². The van der Waals surface area contributed by atoms with Gasteiger partial charge in [-0.05, 0) is 20.8 Å². The summed E-state index contributed by atoms with van der Waals surface area (Å²) in [6, 6.07) is 0. The van der Waals surface area contributed by atoms with E-state index in [1.165, 1.54) is 0 Å². The van der Waals surface area contributed by atoms with Crippen LogP contribution in [0.4, 0.5) is 0 Å². The maximum Gasteiger partial charge on any atom is 0.146 e. The van der Waals surface area contributed by atoms with Crippen LogP contribution in [-0.2, 0) is 4.43 Å². The summed E-state index contributed by atoms with van der Waals surface area (Å²) in [5, 5.41) is 0. The third-order valence-electron chi connectivity index (χ3n) is 0.553. The van der Waals surface area contributed by atoms with E-state index in [0.717, 1.165) is 10.5 Å². The van der Waals surface area contributed by atoms with Gasteiger partial charge in [-0.15, -0.1) is 0 Å². The van der Waals surface area contributed by atoms with Crippen LogP contribution in [0.1, 0.15) is 13.8 Å². The van der Waals surface area contributed by atoms with Crippen molar-refractivity contribution in [3.63, 3.8) is 0 Å². The van der Waals surface area contributed by atoms with Crippen LogP contribution in [0.25, 0.3) is 0 Å². The van der Waals surface area contributed by atoms with Crippen LogP contribution in [-0.4, -0.2) is 16.1 Å². The first-order valence-electron chi connectivity index (χ1n) is 1.97. The largest absolute Gasteiger partial charge is 0.423 e. The first-order chi connectivity index (χ1) is 2.56. The normalized spacial score (nSPS) is 12.5. The second-order valence-electron chi connectivity index (χ2n) is 1.96. The third-order valence-corrected chi connectivity index (χ3v) is 1.66. The smallest absolute Gasteiger partial charge is 0.146 e. The van der Waals surface area contributed by atoms with E-state index in [-0.39, 0.29) is 5.60 Å². The van der Waals surface area contributed by atoms with Crippen LogP contribution in [0.3, 0.4) is 0 Å². The molecule has 37 valence electrons. The van der Waals surface area contributed by atoms with E-state index in [4.69, 9.17) is 4.43 Å². The first kappa shape index (κ1) is 6.18. The minimum absolute atomic E-state index is 0.147. The Morgan fingerprint density at radius 3 is 1.83 bits per heavy atom. The van der Waals surface area contributed by atoms with Crippen molar-refractivity contribution >= 4 is 10.5 Å². The zero-order chi connectivity index (χ0) is 5.21. The van der Waals surface area contributed by atoms with E-state index in [2.05, 4.69) is 6.92 Å². The molecule has 0 aliphatic heterocycles. The molecule has 0 fully saturated rings. The van der Waals surface area contributed by atoms with E-state index >= 15 is 0 Å². The van der Waals surface area contributed by atoms with Crippen LogP contribution in [0.15, 0.2) is 0 Å². The SMILES string of the molecule is [CH2]C(C)(C)O[SiH3]. The molecule has 0 saturated carbocycles. The van der Waals surface area contributed by atoms with Crippen molar-refractivity contribution in [1.82, 2.24) is 0 Å². The van der Waals surface area contributed by atoms with Crippen LogP contribution >= 0.6 is 0 Å². The van der Waals surface area contributed by atoms with Crippen LogP contribution in [0.5, 0.6) is 0 Å². The predicted molar refractivity (Wildman–Crippen MR) is 30.5 cm³/mol. The van der Waals surface area contributed by atoms with Crippen molar-refractivity contribution in [2.24, 2.45) is 0 Å². The molecule has 0 unspecified atom stereocenters. The molecule has 0 saturated heterocycles. The lowest BCUT2D eigenvalue weighted by atomic mass is 10.2. The lowest BCUT2D eigenvalue weighted by molar-refractivity contribution is 0.177. The molecule has 0 spiro atoms. The number of hydrogen-bond acceptors (Lipinski definition) is 1. The topological polar surface area (TPSA) is 9.23 Å². The van der Waals surface area contributed by atoms with E-state index < -0.39 is 0 Å². The average Bonchev–Trinajstić information content (AvgIpc) is 1.35. The summed E-state index contributed by atoms with van der Waals surface area (Å²) in [6.45, 7) is 7.59. The fraction of sp³-hybridized carbons (Fsp3) is 0.750. The molecule has 0 N–H and O–H groups in total. The van der Waals surface area contributed by atoms with Gasteiger partial charge in [-0.25, -0.2) is 0 Å². The molecule has 0 heterocycles. The molecule has 2 heteroatoms. The molecule has 0 bridgehead atoms. The Labute approximate surface area is 42.2 Å². The molecule has 6 heavy (non-hydrogen) atoms. The second-order valence-corrected chi connectivity index (χ2v) is 2.37. The Balaban J connectivity index is 3.17. The van der Waals surface area contributed by atoms with Crippen LogP contribution < -0.4 is 0 Å². The van der Waals surface area contributed by atoms with Crippen molar-refractivity contribution < 1.29 is 4.43 Å². The van der Waals surface area contributed by atoms with Gasteiger partial charge in [0, 0.05) is 5.60 Å². The first-order valence-corrected chi connectivity index (χ1v) is 2.78. The maximum absolute atomic E-state index is 4.97. The molecule has 0 atom stereocenters. The Kier molecular flexibility index (Phi) is 1.81. The third kappa shape index (κ3) is 4.18. The summed E-state index contributed by atoms with van der Waals surface area (Å²) in [7, 11) is 0.785. The molecular formula is C4H11OSi. The summed E-state index contributed by atoms with van der Waals surface area (Å²) in [5.41, 5.74) is -0.147. The van der Waals surface area contributed by atoms with Gasteiger partial charge in [0.05, 0.1) is 0 Å². The summed E-state index contributed by atoms with van der Waals surface area (Å²) in [6.07, 6.45) is 0. The van der Waals surface area contributed by atoms with E-state index in [0.29, 0.717) is 0 Å². The van der Waals surface area contributed by atoms with E-state index in [1.54, 1.807) is 0 Å². The summed E-state index contributed by atoms with van der Waals surface area (Å²) < 4.78 is 4.97. The van der Waals surface area contributed by atoms with E-state index in [1.807, 2.05) is 13.8 Å². The van der Waals surface area contributed by atoms with Crippen LogP contribution in [0.2, 0.25) is 0 Å². The molecule has 1 nitrogen and oxygen atoms in total. The zero-order valence-corrected chi connectivity index (χ0v) is 6.62. The number of rotatable bonds is 1. The molecule has 0 aromatic carbocycles. The van der Waals surface area contributed by atoms with Gasteiger partial charge in [0.2, 0.25) is 0 Å². The minimum Gasteiger partial charge on any atom is -0.423 e. The van der Waals surface area contributed by atoms with Crippen molar-refractivity contribution in [2.45, 2.75) is 19.4 Å². The fourth-order valence-electron chi connectivity index (χ4n) is 0. The van der Waals surface area contributed by atoms with Crippen molar-refractivity contribution in [2.75, 3.05) is 0 Å². The summed E-state index contributed by atoms with van der Waals surface area (Å²) in [4.78, 5) is 0. The molecular weight excluding hydrogens is 92.1 g/mol. The van der Waals surface area contributed by atoms with Gasteiger partial charge in [-0.2, -0.15) is 0 Å². The van der Waals surface area contributed by atoms with Crippen molar-refractivity contribution in [1.29, 1.82) is 0 Å². The van der Waals surface area contributed by atoms with Gasteiger partial charge in [-0.1, -0.05) is 0 Å². The molecule has 0 amide bonds. The molecule has 0 rings (SSSR count). The number of hydrogen-bond donors (Lipinski definition) is 0. The van der Waals surface area contributed by atoms with Gasteiger partial charge in [0.25, 0.3) is 0 Å². The standard InChI is InChI=1S/C4H11OSi/c1-4(2,3)5-6/h1H2,2-3,6H3. The molecule has 0 aromatic heterocycles. The van der Waals surface area contributed by atoms with Crippen molar-refractivity contribution in [3.8, 4) is 0 Å². The lowest BCUT2D eigenvalue weighted by Gasteiger charge is -2.15. The highest BCUT2D eigenvalue weighted by Gasteiger charge is 2.03. The molecule has 0 aliphatic rings. The lowest BCUT2D eigenvalue weighted by Crippen LogP contribution is -2.16.